The molecule has 3 aliphatic rings. The fraction of sp³-hybridized carbons (Fsp3) is 0.500. The van der Waals surface area contributed by atoms with E-state index in [1.807, 2.05) is 18.3 Å². The number of aliphatic imine (C=N–C) groups is 1. The van der Waals surface area contributed by atoms with Crippen LogP contribution in [0.5, 0.6) is 0 Å². The second-order valence-corrected chi connectivity index (χ2v) is 8.40. The standard InChI is InChI=1S/C22H27N7O/c1-28-11-7-17-16(14-28)12-18(21(30)25-17)26-22-24-13-15-6-8-23-20(19(15)27-22)29-9-4-2-3-5-10-29/h6,8,12-13,16H,2-5,7,9-11,14H2,1H3,(H,24,26,27). The van der Waals surface area contributed by atoms with Crippen molar-refractivity contribution in [3.8, 4) is 0 Å². The number of carbonyl (C=O) groups is 1. The minimum absolute atomic E-state index is 0.165. The van der Waals surface area contributed by atoms with Crippen LogP contribution in [0.3, 0.4) is 0 Å². The highest BCUT2D eigenvalue weighted by Gasteiger charge is 2.28. The summed E-state index contributed by atoms with van der Waals surface area (Å²) in [5.41, 5.74) is 2.26. The first-order chi connectivity index (χ1) is 14.7. The van der Waals surface area contributed by atoms with Crippen molar-refractivity contribution in [1.82, 2.24) is 19.9 Å². The zero-order valence-electron chi connectivity index (χ0n) is 17.3. The van der Waals surface area contributed by atoms with Gasteiger partial charge in [-0.3, -0.25) is 4.79 Å². The molecule has 0 aliphatic carbocycles. The van der Waals surface area contributed by atoms with Gasteiger partial charge in [0.25, 0.3) is 5.91 Å². The van der Waals surface area contributed by atoms with Crippen LogP contribution in [-0.4, -0.2) is 64.7 Å². The number of aromatic nitrogens is 3. The molecule has 1 atom stereocenters. The molecule has 0 spiro atoms. The molecule has 3 aliphatic heterocycles. The van der Waals surface area contributed by atoms with E-state index < -0.39 is 0 Å². The summed E-state index contributed by atoms with van der Waals surface area (Å²) < 4.78 is 0. The van der Waals surface area contributed by atoms with Crippen molar-refractivity contribution >= 4 is 34.3 Å². The number of amides is 1. The van der Waals surface area contributed by atoms with Crippen molar-refractivity contribution in [2.24, 2.45) is 10.9 Å². The predicted octanol–water partition coefficient (Wildman–Crippen LogP) is 2.63. The van der Waals surface area contributed by atoms with E-state index in [4.69, 9.17) is 4.98 Å². The third kappa shape index (κ3) is 3.79. The van der Waals surface area contributed by atoms with Crippen LogP contribution in [0.25, 0.3) is 10.9 Å². The van der Waals surface area contributed by atoms with Gasteiger partial charge < -0.3 is 15.1 Å². The molecule has 2 aromatic heterocycles. The summed E-state index contributed by atoms with van der Waals surface area (Å²) in [5.74, 6) is 1.24. The molecule has 156 valence electrons. The normalized spacial score (nSPS) is 22.9. The third-order valence-corrected chi connectivity index (χ3v) is 6.16. The van der Waals surface area contributed by atoms with E-state index in [2.05, 4.69) is 37.1 Å². The summed E-state index contributed by atoms with van der Waals surface area (Å²) in [6, 6.07) is 1.93. The fourth-order valence-electron chi connectivity index (χ4n) is 4.51. The number of hydrogen-bond donors (Lipinski definition) is 1. The second-order valence-electron chi connectivity index (χ2n) is 8.40. The van der Waals surface area contributed by atoms with E-state index in [1.54, 1.807) is 6.20 Å². The molecular weight excluding hydrogens is 378 g/mol. The highest BCUT2D eigenvalue weighted by Crippen LogP contribution is 2.27. The predicted molar refractivity (Wildman–Crippen MR) is 118 cm³/mol. The van der Waals surface area contributed by atoms with E-state index >= 15 is 0 Å². The highest BCUT2D eigenvalue weighted by molar-refractivity contribution is 6.09. The Morgan fingerprint density at radius 2 is 1.93 bits per heavy atom. The van der Waals surface area contributed by atoms with Crippen molar-refractivity contribution in [3.63, 3.8) is 0 Å². The molecule has 5 rings (SSSR count). The summed E-state index contributed by atoms with van der Waals surface area (Å²) in [7, 11) is 2.10. The third-order valence-electron chi connectivity index (χ3n) is 6.16. The number of nitrogens with one attached hydrogen (secondary N) is 1. The van der Waals surface area contributed by atoms with E-state index in [1.165, 1.54) is 25.7 Å². The molecule has 1 N–H and O–H groups in total. The first-order valence-corrected chi connectivity index (χ1v) is 10.8. The van der Waals surface area contributed by atoms with Crippen LogP contribution >= 0.6 is 0 Å². The topological polar surface area (TPSA) is 86.6 Å². The van der Waals surface area contributed by atoms with Gasteiger partial charge in [-0.1, -0.05) is 12.8 Å². The minimum Gasteiger partial charge on any atom is -0.355 e. The highest BCUT2D eigenvalue weighted by atomic mass is 16.1. The molecule has 30 heavy (non-hydrogen) atoms. The van der Waals surface area contributed by atoms with Crippen molar-refractivity contribution in [1.29, 1.82) is 0 Å². The lowest BCUT2D eigenvalue weighted by Gasteiger charge is -2.31. The second kappa shape index (κ2) is 8.10. The SMILES string of the molecule is CN1CCC2=NC(=O)C(Nc3ncc4ccnc(N5CCCCCC5)c4n3)=CC2C1. The molecule has 2 aromatic rings. The first kappa shape index (κ1) is 19.1. The Hall–Kier alpha value is -2.87. The molecule has 0 bridgehead atoms. The van der Waals surface area contributed by atoms with E-state index in [-0.39, 0.29) is 11.8 Å². The van der Waals surface area contributed by atoms with Gasteiger partial charge in [-0.05, 0) is 38.5 Å². The van der Waals surface area contributed by atoms with Crippen LogP contribution < -0.4 is 10.2 Å². The number of nitrogens with zero attached hydrogens (tertiary/aromatic N) is 6. The Balaban J connectivity index is 1.44. The number of hydrogen-bond acceptors (Lipinski definition) is 7. The minimum atomic E-state index is -0.242. The first-order valence-electron chi connectivity index (χ1n) is 10.8. The Morgan fingerprint density at radius 1 is 1.10 bits per heavy atom. The molecule has 0 saturated carbocycles. The Labute approximate surface area is 176 Å². The zero-order chi connectivity index (χ0) is 20.5. The van der Waals surface area contributed by atoms with Crippen LogP contribution in [-0.2, 0) is 4.79 Å². The van der Waals surface area contributed by atoms with Crippen LogP contribution in [0, 0.1) is 5.92 Å². The number of carbonyl (C=O) groups excluding carboxylic acids is 1. The van der Waals surface area contributed by atoms with Crippen molar-refractivity contribution in [2.75, 3.05) is 43.4 Å². The fourth-order valence-corrected chi connectivity index (χ4v) is 4.51. The number of rotatable bonds is 3. The van der Waals surface area contributed by atoms with Crippen molar-refractivity contribution < 1.29 is 4.79 Å². The number of anilines is 2. The quantitative estimate of drug-likeness (QED) is 0.840. The number of pyridine rings is 1. The van der Waals surface area contributed by atoms with Crippen LogP contribution in [0.1, 0.15) is 32.1 Å². The van der Waals surface area contributed by atoms with Crippen molar-refractivity contribution in [3.05, 3.63) is 30.2 Å². The maximum atomic E-state index is 12.5. The van der Waals surface area contributed by atoms with Gasteiger partial charge in [-0.15, -0.1) is 0 Å². The molecule has 2 fully saturated rings. The lowest BCUT2D eigenvalue weighted by Crippen LogP contribution is -2.40. The summed E-state index contributed by atoms with van der Waals surface area (Å²) >= 11 is 0. The van der Waals surface area contributed by atoms with Gasteiger partial charge in [0.05, 0.1) is 0 Å². The molecule has 0 radical (unpaired) electrons. The van der Waals surface area contributed by atoms with Gasteiger partial charge in [0.2, 0.25) is 5.95 Å². The number of piperidine rings is 1. The van der Waals surface area contributed by atoms with Crippen molar-refractivity contribution in [2.45, 2.75) is 32.1 Å². The summed E-state index contributed by atoms with van der Waals surface area (Å²) in [6.45, 7) is 3.81. The monoisotopic (exact) mass is 405 g/mol. The zero-order valence-corrected chi connectivity index (χ0v) is 17.3. The summed E-state index contributed by atoms with van der Waals surface area (Å²) in [5, 5.41) is 4.08. The molecule has 5 heterocycles. The molecule has 1 unspecified atom stereocenters. The largest absolute Gasteiger partial charge is 0.355 e. The number of likely N-dealkylation sites (tertiary alicyclic amines) is 1. The molecule has 0 aromatic carbocycles. The average Bonchev–Trinajstić information content (AvgIpc) is 3.03. The maximum absolute atomic E-state index is 12.5. The maximum Gasteiger partial charge on any atom is 0.293 e. The van der Waals surface area contributed by atoms with Gasteiger partial charge in [0, 0.05) is 55.6 Å². The molecular formula is C22H27N7O. The number of fused-ring (bicyclic) bond motifs is 2. The van der Waals surface area contributed by atoms with E-state index in [0.717, 1.165) is 55.0 Å². The van der Waals surface area contributed by atoms with Gasteiger partial charge in [-0.25, -0.2) is 19.9 Å². The lowest BCUT2D eigenvalue weighted by atomic mass is 9.92. The van der Waals surface area contributed by atoms with Crippen LogP contribution in [0.4, 0.5) is 11.8 Å². The lowest BCUT2D eigenvalue weighted by molar-refractivity contribution is -0.114. The van der Waals surface area contributed by atoms with Gasteiger partial charge >= 0.3 is 0 Å². The molecule has 8 nitrogen and oxygen atoms in total. The Morgan fingerprint density at radius 3 is 2.77 bits per heavy atom. The molecule has 2 saturated heterocycles. The Kier molecular flexibility index (Phi) is 5.16. The summed E-state index contributed by atoms with van der Waals surface area (Å²) in [4.78, 5) is 35.3. The Bertz CT molecular complexity index is 1020. The van der Waals surface area contributed by atoms with Gasteiger partial charge in [-0.2, -0.15) is 0 Å². The van der Waals surface area contributed by atoms with Crippen LogP contribution in [0.15, 0.2) is 35.2 Å². The van der Waals surface area contributed by atoms with E-state index in [0.29, 0.717) is 11.6 Å². The smallest absolute Gasteiger partial charge is 0.293 e. The van der Waals surface area contributed by atoms with Gasteiger partial charge in [0.15, 0.2) is 5.82 Å². The van der Waals surface area contributed by atoms with E-state index in [9.17, 15) is 4.79 Å². The molecule has 1 amide bonds. The average molecular weight is 406 g/mol. The summed E-state index contributed by atoms with van der Waals surface area (Å²) in [6.07, 6.45) is 11.3. The van der Waals surface area contributed by atoms with Gasteiger partial charge in [0.1, 0.15) is 11.2 Å². The van der Waals surface area contributed by atoms with Crippen LogP contribution in [0.2, 0.25) is 0 Å². The number of dihydropyridines is 1. The molecule has 8 heteroatoms.